The summed E-state index contributed by atoms with van der Waals surface area (Å²) >= 11 is 5.31. The lowest BCUT2D eigenvalue weighted by molar-refractivity contribution is 0.358. The maximum atomic E-state index is 5.55. The Bertz CT molecular complexity index is 288. The Hall–Kier alpha value is 0.0600. The third-order valence-electron chi connectivity index (χ3n) is 2.28. The van der Waals surface area contributed by atoms with E-state index in [4.69, 9.17) is 5.84 Å². The van der Waals surface area contributed by atoms with Crippen LogP contribution in [0.15, 0.2) is 15.9 Å². The molecule has 5 heteroatoms. The Morgan fingerprint density at radius 3 is 2.80 bits per heavy atom. The molecular formula is C10H18BrN3S. The van der Waals surface area contributed by atoms with Gasteiger partial charge in [0.25, 0.3) is 0 Å². The zero-order valence-corrected chi connectivity index (χ0v) is 11.6. The van der Waals surface area contributed by atoms with Crippen LogP contribution in [0.2, 0.25) is 0 Å². The Morgan fingerprint density at radius 1 is 1.60 bits per heavy atom. The van der Waals surface area contributed by atoms with Gasteiger partial charge in [0.1, 0.15) is 0 Å². The summed E-state index contributed by atoms with van der Waals surface area (Å²) in [5.74, 6) is 5.55. The molecule has 1 atom stereocenters. The molecule has 1 rings (SSSR count). The van der Waals surface area contributed by atoms with Crippen LogP contribution in [-0.2, 0) is 6.42 Å². The molecule has 3 nitrogen and oxygen atoms in total. The summed E-state index contributed by atoms with van der Waals surface area (Å²) < 4.78 is 1.19. The van der Waals surface area contributed by atoms with Gasteiger partial charge in [-0.1, -0.05) is 0 Å². The number of thiophene rings is 1. The molecule has 0 aliphatic carbocycles. The smallest absolute Gasteiger partial charge is 0.0314 e. The third kappa shape index (κ3) is 4.61. The summed E-state index contributed by atoms with van der Waals surface area (Å²) in [7, 11) is 4.16. The molecule has 3 N–H and O–H groups in total. The van der Waals surface area contributed by atoms with E-state index in [1.807, 2.05) is 0 Å². The summed E-state index contributed by atoms with van der Waals surface area (Å²) in [5.41, 5.74) is 2.88. The van der Waals surface area contributed by atoms with Gasteiger partial charge in [0.15, 0.2) is 0 Å². The molecule has 1 aromatic rings. The molecule has 0 radical (unpaired) electrons. The van der Waals surface area contributed by atoms with Crippen LogP contribution in [0, 0.1) is 0 Å². The van der Waals surface area contributed by atoms with Crippen molar-refractivity contribution in [2.45, 2.75) is 18.9 Å². The standard InChI is InChI=1S/C10H18BrN3S/c1-14(2)5-3-8(13-12)7-10-9(11)4-6-15-10/h4,6,8,13H,3,5,7,12H2,1-2H3. The number of hydrogen-bond acceptors (Lipinski definition) is 4. The van der Waals surface area contributed by atoms with Gasteiger partial charge in [0, 0.05) is 15.4 Å². The van der Waals surface area contributed by atoms with Gasteiger partial charge in [-0.05, 0) is 60.9 Å². The lowest BCUT2D eigenvalue weighted by Crippen LogP contribution is -2.38. The largest absolute Gasteiger partial charge is 0.309 e. The zero-order valence-electron chi connectivity index (χ0n) is 9.16. The topological polar surface area (TPSA) is 41.3 Å². The Labute approximate surface area is 104 Å². The van der Waals surface area contributed by atoms with Gasteiger partial charge in [0.05, 0.1) is 0 Å². The van der Waals surface area contributed by atoms with Crippen LogP contribution in [-0.4, -0.2) is 31.6 Å². The summed E-state index contributed by atoms with van der Waals surface area (Å²) in [4.78, 5) is 3.53. The highest BCUT2D eigenvalue weighted by Crippen LogP contribution is 2.24. The summed E-state index contributed by atoms with van der Waals surface area (Å²) in [6, 6.07) is 2.43. The first-order valence-corrected chi connectivity index (χ1v) is 6.63. The SMILES string of the molecule is CN(C)CCC(Cc1sccc1Br)NN. The molecule has 0 saturated heterocycles. The highest BCUT2D eigenvalue weighted by Gasteiger charge is 2.11. The van der Waals surface area contributed by atoms with Gasteiger partial charge in [-0.3, -0.25) is 11.3 Å². The first-order valence-electron chi connectivity index (χ1n) is 4.96. The minimum Gasteiger partial charge on any atom is -0.309 e. The van der Waals surface area contributed by atoms with Crippen LogP contribution in [0.3, 0.4) is 0 Å². The fourth-order valence-electron chi connectivity index (χ4n) is 1.35. The van der Waals surface area contributed by atoms with E-state index in [9.17, 15) is 0 Å². The predicted octanol–water partition coefficient (Wildman–Crippen LogP) is 1.84. The van der Waals surface area contributed by atoms with Gasteiger partial charge >= 0.3 is 0 Å². The molecule has 86 valence electrons. The third-order valence-corrected chi connectivity index (χ3v) is 4.23. The van der Waals surface area contributed by atoms with Crippen LogP contribution < -0.4 is 11.3 Å². The van der Waals surface area contributed by atoms with Crippen molar-refractivity contribution in [2.75, 3.05) is 20.6 Å². The molecular weight excluding hydrogens is 274 g/mol. The average Bonchev–Trinajstić information content (AvgIpc) is 2.58. The first kappa shape index (κ1) is 13.1. The quantitative estimate of drug-likeness (QED) is 0.621. The van der Waals surface area contributed by atoms with Crippen LogP contribution in [0.4, 0.5) is 0 Å². The van der Waals surface area contributed by atoms with Crippen molar-refractivity contribution in [2.24, 2.45) is 5.84 Å². The molecule has 0 fully saturated rings. The maximum absolute atomic E-state index is 5.55. The predicted molar refractivity (Wildman–Crippen MR) is 70.0 cm³/mol. The Morgan fingerprint density at radius 2 is 2.33 bits per heavy atom. The fourth-order valence-corrected chi connectivity index (χ4v) is 2.95. The van der Waals surface area contributed by atoms with E-state index in [-0.39, 0.29) is 0 Å². The second-order valence-electron chi connectivity index (χ2n) is 3.85. The van der Waals surface area contributed by atoms with Gasteiger partial charge < -0.3 is 4.90 Å². The molecule has 1 heterocycles. The lowest BCUT2D eigenvalue weighted by Gasteiger charge is -2.17. The van der Waals surface area contributed by atoms with Crippen molar-refractivity contribution in [1.82, 2.24) is 10.3 Å². The second kappa shape index (κ2) is 6.60. The van der Waals surface area contributed by atoms with E-state index in [0.717, 1.165) is 19.4 Å². The fraction of sp³-hybridized carbons (Fsp3) is 0.600. The molecule has 0 amide bonds. The summed E-state index contributed by atoms with van der Waals surface area (Å²) in [6.07, 6.45) is 2.05. The highest BCUT2D eigenvalue weighted by atomic mass is 79.9. The highest BCUT2D eigenvalue weighted by molar-refractivity contribution is 9.10. The molecule has 0 bridgehead atoms. The first-order chi connectivity index (χ1) is 7.13. The Kier molecular flexibility index (Phi) is 5.78. The number of nitrogens with two attached hydrogens (primary N) is 1. The number of halogens is 1. The van der Waals surface area contributed by atoms with E-state index in [0.29, 0.717) is 6.04 Å². The van der Waals surface area contributed by atoms with Crippen molar-refractivity contribution in [3.8, 4) is 0 Å². The van der Waals surface area contributed by atoms with Crippen LogP contribution in [0.25, 0.3) is 0 Å². The summed E-state index contributed by atoms with van der Waals surface area (Å²) in [6.45, 7) is 1.05. The summed E-state index contributed by atoms with van der Waals surface area (Å²) in [5, 5.41) is 2.10. The van der Waals surface area contributed by atoms with Gasteiger partial charge in [-0.2, -0.15) is 0 Å². The molecule has 0 aliphatic heterocycles. The van der Waals surface area contributed by atoms with E-state index in [1.165, 1.54) is 9.35 Å². The second-order valence-corrected chi connectivity index (χ2v) is 5.71. The van der Waals surface area contributed by atoms with Crippen LogP contribution in [0.1, 0.15) is 11.3 Å². The van der Waals surface area contributed by atoms with Crippen LogP contribution in [0.5, 0.6) is 0 Å². The minimum atomic E-state index is 0.349. The van der Waals surface area contributed by atoms with Crippen molar-refractivity contribution in [1.29, 1.82) is 0 Å². The van der Waals surface area contributed by atoms with Crippen LogP contribution >= 0.6 is 27.3 Å². The number of nitrogens with zero attached hydrogens (tertiary/aromatic N) is 1. The molecule has 1 aromatic heterocycles. The van der Waals surface area contributed by atoms with Crippen molar-refractivity contribution in [3.63, 3.8) is 0 Å². The Balaban J connectivity index is 2.43. The maximum Gasteiger partial charge on any atom is 0.0314 e. The van der Waals surface area contributed by atoms with Crippen molar-refractivity contribution in [3.05, 3.63) is 20.8 Å². The van der Waals surface area contributed by atoms with E-state index in [1.54, 1.807) is 11.3 Å². The van der Waals surface area contributed by atoms with Gasteiger partial charge in [-0.15, -0.1) is 11.3 Å². The van der Waals surface area contributed by atoms with Gasteiger partial charge in [-0.25, -0.2) is 0 Å². The lowest BCUT2D eigenvalue weighted by atomic mass is 10.1. The van der Waals surface area contributed by atoms with Gasteiger partial charge in [0.2, 0.25) is 0 Å². The van der Waals surface area contributed by atoms with E-state index in [2.05, 4.69) is 51.8 Å². The van der Waals surface area contributed by atoms with Crippen molar-refractivity contribution < 1.29 is 0 Å². The molecule has 0 spiro atoms. The molecule has 0 aliphatic rings. The molecule has 0 aromatic carbocycles. The number of nitrogens with one attached hydrogen (secondary N) is 1. The molecule has 1 unspecified atom stereocenters. The number of hydrogen-bond donors (Lipinski definition) is 2. The average molecular weight is 292 g/mol. The van der Waals surface area contributed by atoms with Crippen molar-refractivity contribution >= 4 is 27.3 Å². The molecule has 0 saturated carbocycles. The van der Waals surface area contributed by atoms with E-state index >= 15 is 0 Å². The molecule has 15 heavy (non-hydrogen) atoms. The monoisotopic (exact) mass is 291 g/mol. The normalized spacial score (nSPS) is 13.4. The zero-order chi connectivity index (χ0) is 11.3. The van der Waals surface area contributed by atoms with E-state index < -0.39 is 0 Å². The minimum absolute atomic E-state index is 0.349. The number of rotatable bonds is 6. The number of hydrazine groups is 1.